The number of para-hydroxylation sites is 1. The third-order valence-electron chi connectivity index (χ3n) is 5.56. The maximum Gasteiger partial charge on any atom is 0.220 e. The van der Waals surface area contributed by atoms with Crippen LogP contribution in [-0.4, -0.2) is 32.2 Å². The second kappa shape index (κ2) is 8.52. The molecule has 0 atom stereocenters. The molecule has 4 aromatic rings. The Labute approximate surface area is 180 Å². The molecule has 1 aromatic carbocycles. The minimum Gasteiger partial charge on any atom is -0.356 e. The zero-order chi connectivity index (χ0) is 21.3. The summed E-state index contributed by atoms with van der Waals surface area (Å²) >= 11 is 1.73. The Hall–Kier alpha value is -2.80. The Bertz CT molecular complexity index is 1190. The molecular formula is C23H27N5OS. The molecule has 4 rings (SSSR count). The predicted molar refractivity (Wildman–Crippen MR) is 122 cm³/mol. The van der Waals surface area contributed by atoms with E-state index < -0.39 is 0 Å². The lowest BCUT2D eigenvalue weighted by atomic mass is 9.99. The number of benzene rings is 1. The van der Waals surface area contributed by atoms with Crippen molar-refractivity contribution in [1.82, 2.24) is 25.1 Å². The average Bonchev–Trinajstić information content (AvgIpc) is 3.25. The van der Waals surface area contributed by atoms with Crippen molar-refractivity contribution in [2.24, 2.45) is 7.05 Å². The molecule has 0 fully saturated rings. The number of aromatic nitrogens is 4. The second-order valence-corrected chi connectivity index (χ2v) is 8.85. The van der Waals surface area contributed by atoms with Crippen LogP contribution in [0, 0.1) is 20.8 Å². The second-order valence-electron chi connectivity index (χ2n) is 7.74. The first-order valence-electron chi connectivity index (χ1n) is 10.3. The number of aryl methyl sites for hydroxylation is 5. The first-order valence-corrected chi connectivity index (χ1v) is 11.2. The highest BCUT2D eigenvalue weighted by Crippen LogP contribution is 2.26. The lowest BCUT2D eigenvalue weighted by Crippen LogP contribution is -2.25. The molecule has 30 heavy (non-hydrogen) atoms. The van der Waals surface area contributed by atoms with Crippen LogP contribution in [0.4, 0.5) is 0 Å². The van der Waals surface area contributed by atoms with E-state index >= 15 is 0 Å². The van der Waals surface area contributed by atoms with E-state index in [2.05, 4.69) is 28.4 Å². The van der Waals surface area contributed by atoms with Gasteiger partial charge in [-0.05, 0) is 56.9 Å². The number of amides is 1. The summed E-state index contributed by atoms with van der Waals surface area (Å²) in [5.74, 6) is 0.0844. The number of rotatable bonds is 7. The molecule has 0 bridgehead atoms. The van der Waals surface area contributed by atoms with E-state index in [1.54, 1.807) is 11.3 Å². The fourth-order valence-electron chi connectivity index (χ4n) is 4.05. The molecule has 0 aliphatic carbocycles. The van der Waals surface area contributed by atoms with Gasteiger partial charge in [0.1, 0.15) is 0 Å². The highest BCUT2D eigenvalue weighted by atomic mass is 32.1. The summed E-state index contributed by atoms with van der Waals surface area (Å²) in [7, 11) is 1.92. The van der Waals surface area contributed by atoms with E-state index in [0.29, 0.717) is 19.4 Å². The van der Waals surface area contributed by atoms with Gasteiger partial charge >= 0.3 is 0 Å². The summed E-state index contributed by atoms with van der Waals surface area (Å²) in [6, 6.07) is 8.19. The molecule has 6 nitrogen and oxygen atoms in total. The molecule has 0 saturated heterocycles. The smallest absolute Gasteiger partial charge is 0.220 e. The summed E-state index contributed by atoms with van der Waals surface area (Å²) in [6.07, 6.45) is 2.94. The van der Waals surface area contributed by atoms with E-state index in [1.807, 2.05) is 43.8 Å². The summed E-state index contributed by atoms with van der Waals surface area (Å²) < 4.78 is 3.05. The van der Waals surface area contributed by atoms with Crippen molar-refractivity contribution in [2.75, 3.05) is 6.54 Å². The molecule has 7 heteroatoms. The van der Waals surface area contributed by atoms with Crippen LogP contribution in [0.5, 0.6) is 0 Å². The van der Waals surface area contributed by atoms with Crippen LogP contribution >= 0.6 is 11.3 Å². The van der Waals surface area contributed by atoms with Crippen molar-refractivity contribution >= 4 is 38.5 Å². The van der Waals surface area contributed by atoms with Gasteiger partial charge in [-0.15, -0.1) is 11.3 Å². The van der Waals surface area contributed by atoms with Crippen molar-refractivity contribution in [1.29, 1.82) is 0 Å². The highest BCUT2D eigenvalue weighted by Gasteiger charge is 2.16. The van der Waals surface area contributed by atoms with E-state index in [1.165, 1.54) is 10.3 Å². The molecule has 3 heterocycles. The van der Waals surface area contributed by atoms with Gasteiger partial charge in [0.15, 0.2) is 5.65 Å². The standard InChI is InChI=1S/C23H27N5OS/c1-14-17(15(2)25-23-22(14)16(3)27-28(23)4)11-12-20(29)24-13-7-10-21-26-18-8-5-6-9-19(18)30-21/h5-6,8-9H,7,10-13H2,1-4H3,(H,24,29). The average molecular weight is 422 g/mol. The summed E-state index contributed by atoms with van der Waals surface area (Å²) in [4.78, 5) is 21.7. The molecule has 0 spiro atoms. The number of pyridine rings is 1. The fourth-order valence-corrected chi connectivity index (χ4v) is 5.06. The third kappa shape index (κ3) is 4.07. The SMILES string of the molecule is Cc1nc2c(c(C)nn2C)c(C)c1CCC(=O)NCCCc1nc2ccccc2s1. The number of hydrogen-bond acceptors (Lipinski definition) is 5. The van der Waals surface area contributed by atoms with Crippen molar-refractivity contribution < 1.29 is 4.79 Å². The Morgan fingerprint density at radius 2 is 1.90 bits per heavy atom. The van der Waals surface area contributed by atoms with Crippen molar-refractivity contribution in [3.63, 3.8) is 0 Å². The van der Waals surface area contributed by atoms with Crippen molar-refractivity contribution in [2.45, 2.75) is 46.5 Å². The van der Waals surface area contributed by atoms with E-state index in [0.717, 1.165) is 51.4 Å². The van der Waals surface area contributed by atoms with Crippen LogP contribution in [0.3, 0.4) is 0 Å². The lowest BCUT2D eigenvalue weighted by Gasteiger charge is -2.11. The van der Waals surface area contributed by atoms with Gasteiger partial charge in [-0.3, -0.25) is 9.48 Å². The van der Waals surface area contributed by atoms with Crippen LogP contribution in [0.25, 0.3) is 21.3 Å². The van der Waals surface area contributed by atoms with Gasteiger partial charge in [0.05, 0.1) is 20.9 Å². The van der Waals surface area contributed by atoms with Gasteiger partial charge in [0.2, 0.25) is 5.91 Å². The normalized spacial score (nSPS) is 11.5. The summed E-state index contributed by atoms with van der Waals surface area (Å²) in [5, 5.41) is 9.77. The van der Waals surface area contributed by atoms with Crippen LogP contribution in [0.1, 0.15) is 40.4 Å². The zero-order valence-electron chi connectivity index (χ0n) is 18.0. The molecule has 1 amide bonds. The third-order valence-corrected chi connectivity index (χ3v) is 6.66. The van der Waals surface area contributed by atoms with Gasteiger partial charge in [0, 0.05) is 37.5 Å². The van der Waals surface area contributed by atoms with E-state index in [-0.39, 0.29) is 5.91 Å². The Morgan fingerprint density at radius 1 is 1.10 bits per heavy atom. The number of fused-ring (bicyclic) bond motifs is 2. The minimum atomic E-state index is 0.0844. The molecule has 3 aromatic heterocycles. The number of hydrogen-bond donors (Lipinski definition) is 1. The van der Waals surface area contributed by atoms with Gasteiger partial charge in [-0.2, -0.15) is 5.10 Å². The fraction of sp³-hybridized carbons (Fsp3) is 0.391. The van der Waals surface area contributed by atoms with Gasteiger partial charge in [-0.1, -0.05) is 12.1 Å². The van der Waals surface area contributed by atoms with Crippen LogP contribution in [0.2, 0.25) is 0 Å². The van der Waals surface area contributed by atoms with Gasteiger partial charge < -0.3 is 5.32 Å². The molecule has 1 N–H and O–H groups in total. The van der Waals surface area contributed by atoms with Crippen LogP contribution < -0.4 is 5.32 Å². The van der Waals surface area contributed by atoms with Crippen molar-refractivity contribution in [3.05, 3.63) is 51.8 Å². The van der Waals surface area contributed by atoms with E-state index in [9.17, 15) is 4.79 Å². The van der Waals surface area contributed by atoms with Gasteiger partial charge in [-0.25, -0.2) is 9.97 Å². The molecule has 0 unspecified atom stereocenters. The monoisotopic (exact) mass is 421 g/mol. The number of nitrogens with zero attached hydrogens (tertiary/aromatic N) is 4. The molecule has 0 radical (unpaired) electrons. The molecular weight excluding hydrogens is 394 g/mol. The number of thiazole rings is 1. The maximum atomic E-state index is 12.4. The summed E-state index contributed by atoms with van der Waals surface area (Å²) in [5.41, 5.74) is 6.27. The van der Waals surface area contributed by atoms with Crippen LogP contribution in [0.15, 0.2) is 24.3 Å². The quantitative estimate of drug-likeness (QED) is 0.454. The largest absolute Gasteiger partial charge is 0.356 e. The lowest BCUT2D eigenvalue weighted by molar-refractivity contribution is -0.121. The predicted octanol–water partition coefficient (Wildman–Crippen LogP) is 4.18. The maximum absolute atomic E-state index is 12.4. The number of carbonyl (C=O) groups is 1. The van der Waals surface area contributed by atoms with E-state index in [4.69, 9.17) is 4.98 Å². The molecule has 156 valence electrons. The van der Waals surface area contributed by atoms with Crippen molar-refractivity contribution in [3.8, 4) is 0 Å². The number of nitrogens with one attached hydrogen (secondary N) is 1. The molecule has 0 aliphatic rings. The van der Waals surface area contributed by atoms with Gasteiger partial charge in [0.25, 0.3) is 0 Å². The summed E-state index contributed by atoms with van der Waals surface area (Å²) in [6.45, 7) is 6.80. The molecule has 0 saturated carbocycles. The Balaban J connectivity index is 1.30. The Kier molecular flexibility index (Phi) is 5.81. The first kappa shape index (κ1) is 20.5. The number of carbonyl (C=O) groups excluding carboxylic acids is 1. The molecule has 0 aliphatic heterocycles. The zero-order valence-corrected chi connectivity index (χ0v) is 18.8. The minimum absolute atomic E-state index is 0.0844. The first-order chi connectivity index (χ1) is 14.4. The highest BCUT2D eigenvalue weighted by molar-refractivity contribution is 7.18. The Morgan fingerprint density at radius 3 is 2.70 bits per heavy atom. The van der Waals surface area contributed by atoms with Crippen LogP contribution in [-0.2, 0) is 24.7 Å². The topological polar surface area (TPSA) is 72.7 Å².